The van der Waals surface area contributed by atoms with Crippen molar-refractivity contribution in [3.05, 3.63) is 11.9 Å². The van der Waals surface area contributed by atoms with Crippen molar-refractivity contribution in [3.8, 4) is 0 Å². The monoisotopic (exact) mass is 372 g/mol. The van der Waals surface area contributed by atoms with Gasteiger partial charge in [0, 0.05) is 46.2 Å². The Morgan fingerprint density at radius 2 is 1.70 bits per heavy atom. The van der Waals surface area contributed by atoms with Crippen LogP contribution in [-0.4, -0.2) is 77.4 Å². The lowest BCUT2D eigenvalue weighted by Gasteiger charge is -2.36. The van der Waals surface area contributed by atoms with Crippen LogP contribution in [0, 0.1) is 0 Å². The van der Waals surface area contributed by atoms with Gasteiger partial charge in [0.2, 0.25) is 11.8 Å². The van der Waals surface area contributed by atoms with Gasteiger partial charge in [0.1, 0.15) is 18.0 Å². The highest BCUT2D eigenvalue weighted by molar-refractivity contribution is 5.84. The van der Waals surface area contributed by atoms with Gasteiger partial charge in [-0.2, -0.15) is 0 Å². The molecule has 2 fully saturated rings. The van der Waals surface area contributed by atoms with Crippen LogP contribution in [0.1, 0.15) is 38.2 Å². The van der Waals surface area contributed by atoms with E-state index in [0.29, 0.717) is 32.2 Å². The summed E-state index contributed by atoms with van der Waals surface area (Å²) >= 11 is 0. The Morgan fingerprint density at radius 1 is 1.04 bits per heavy atom. The molecule has 1 aromatic heterocycles. The first-order valence-electron chi connectivity index (χ1n) is 9.89. The molecule has 0 N–H and O–H groups in total. The summed E-state index contributed by atoms with van der Waals surface area (Å²) < 4.78 is 0. The molecule has 0 unspecified atom stereocenters. The average Bonchev–Trinajstić information content (AvgIpc) is 3.16. The second-order valence-corrected chi connectivity index (χ2v) is 7.81. The lowest BCUT2D eigenvalue weighted by Crippen LogP contribution is -2.48. The molecule has 0 atom stereocenters. The van der Waals surface area contributed by atoms with E-state index in [2.05, 4.69) is 14.9 Å². The van der Waals surface area contributed by atoms with Crippen molar-refractivity contribution < 1.29 is 9.59 Å². The molecule has 2 aliphatic heterocycles. The molecule has 1 saturated heterocycles. The summed E-state index contributed by atoms with van der Waals surface area (Å²) in [5.41, 5.74) is 1.04. The minimum absolute atomic E-state index is 0.119. The van der Waals surface area contributed by atoms with Gasteiger partial charge < -0.3 is 19.6 Å². The summed E-state index contributed by atoms with van der Waals surface area (Å²) in [6.45, 7) is 5.47. The quantitative estimate of drug-likeness (QED) is 0.767. The van der Waals surface area contributed by atoms with E-state index in [-0.39, 0.29) is 11.8 Å². The van der Waals surface area contributed by atoms with Gasteiger partial charge in [0.15, 0.2) is 0 Å². The van der Waals surface area contributed by atoms with E-state index in [1.165, 1.54) is 12.8 Å². The Balaban J connectivity index is 1.63. The van der Waals surface area contributed by atoms with Gasteiger partial charge in [-0.3, -0.25) is 9.59 Å². The smallest absolute Gasteiger partial charge is 0.242 e. The van der Waals surface area contributed by atoms with Gasteiger partial charge in [-0.15, -0.1) is 0 Å². The predicted octanol–water partition coefficient (Wildman–Crippen LogP) is 0.866. The van der Waals surface area contributed by atoms with Crippen molar-refractivity contribution in [2.24, 2.45) is 0 Å². The van der Waals surface area contributed by atoms with Crippen molar-refractivity contribution in [2.45, 2.75) is 45.2 Å². The van der Waals surface area contributed by atoms with Crippen LogP contribution < -0.4 is 9.80 Å². The topological polar surface area (TPSA) is 72.9 Å². The zero-order valence-corrected chi connectivity index (χ0v) is 16.2. The molecule has 4 rings (SSSR count). The van der Waals surface area contributed by atoms with Crippen molar-refractivity contribution in [1.29, 1.82) is 0 Å². The number of carbonyl (C=O) groups is 2. The number of amides is 2. The Morgan fingerprint density at radius 3 is 2.37 bits per heavy atom. The molecule has 1 aliphatic carbocycles. The molecule has 8 nitrogen and oxygen atoms in total. The number of hydrogen-bond acceptors (Lipinski definition) is 6. The minimum atomic E-state index is 0.119. The van der Waals surface area contributed by atoms with Gasteiger partial charge in [-0.1, -0.05) is 12.8 Å². The van der Waals surface area contributed by atoms with Crippen LogP contribution >= 0.6 is 0 Å². The van der Waals surface area contributed by atoms with Crippen LogP contribution in [0.15, 0.2) is 6.33 Å². The van der Waals surface area contributed by atoms with Gasteiger partial charge in [0.05, 0.1) is 18.7 Å². The number of aromatic nitrogens is 2. The number of hydrogen-bond donors (Lipinski definition) is 0. The minimum Gasteiger partial charge on any atom is -0.353 e. The molecule has 8 heteroatoms. The summed E-state index contributed by atoms with van der Waals surface area (Å²) in [7, 11) is 1.93. The molecule has 146 valence electrons. The van der Waals surface area contributed by atoms with Crippen molar-refractivity contribution in [2.75, 3.05) is 49.6 Å². The molecule has 2 amide bonds. The Labute approximate surface area is 160 Å². The standard InChI is InChI=1S/C19H28N6O2/c1-14(26)23-7-9-24(10-8-23)19-16-11-25(15-5-3-4-6-15)17(27)12-22(2)18(16)20-13-21-19/h13,15H,3-12H2,1-2H3. The normalized spacial score (nSPS) is 21.5. The fraction of sp³-hybridized carbons (Fsp3) is 0.684. The average molecular weight is 372 g/mol. The molecule has 1 aromatic rings. The third-order valence-electron chi connectivity index (χ3n) is 6.07. The van der Waals surface area contributed by atoms with Crippen LogP contribution in [0.3, 0.4) is 0 Å². The molecule has 27 heavy (non-hydrogen) atoms. The predicted molar refractivity (Wildman–Crippen MR) is 103 cm³/mol. The molecule has 1 saturated carbocycles. The largest absolute Gasteiger partial charge is 0.353 e. The van der Waals surface area contributed by atoms with Gasteiger partial charge >= 0.3 is 0 Å². The SMILES string of the molecule is CC(=O)N1CCN(c2ncnc3c2CN(C2CCCC2)C(=O)CN3C)CC1. The maximum absolute atomic E-state index is 12.9. The number of fused-ring (bicyclic) bond motifs is 1. The van der Waals surface area contributed by atoms with Crippen molar-refractivity contribution in [1.82, 2.24) is 19.8 Å². The van der Waals surface area contributed by atoms with Crippen LogP contribution in [0.4, 0.5) is 11.6 Å². The van der Waals surface area contributed by atoms with E-state index in [1.54, 1.807) is 13.3 Å². The van der Waals surface area contributed by atoms with Crippen LogP contribution in [0.2, 0.25) is 0 Å². The van der Waals surface area contributed by atoms with Gasteiger partial charge in [-0.25, -0.2) is 9.97 Å². The second kappa shape index (κ2) is 7.32. The third kappa shape index (κ3) is 3.44. The first-order valence-corrected chi connectivity index (χ1v) is 9.89. The number of piperazine rings is 1. The first-order chi connectivity index (χ1) is 13.0. The highest BCUT2D eigenvalue weighted by atomic mass is 16.2. The molecule has 0 spiro atoms. The summed E-state index contributed by atoms with van der Waals surface area (Å²) in [6.07, 6.45) is 6.17. The molecule has 0 aromatic carbocycles. The van der Waals surface area contributed by atoms with Crippen LogP contribution in [-0.2, 0) is 16.1 Å². The number of likely N-dealkylation sites (N-methyl/N-ethyl adjacent to an activating group) is 1. The summed E-state index contributed by atoms with van der Waals surface area (Å²) in [5, 5.41) is 0. The molecule has 3 aliphatic rings. The van der Waals surface area contributed by atoms with Crippen molar-refractivity contribution in [3.63, 3.8) is 0 Å². The highest BCUT2D eigenvalue weighted by Crippen LogP contribution is 2.33. The van der Waals surface area contributed by atoms with E-state index in [1.807, 2.05) is 21.7 Å². The number of anilines is 2. The molecule has 3 heterocycles. The molecular formula is C19H28N6O2. The van der Waals surface area contributed by atoms with Crippen LogP contribution in [0.25, 0.3) is 0 Å². The van der Waals surface area contributed by atoms with E-state index < -0.39 is 0 Å². The second-order valence-electron chi connectivity index (χ2n) is 7.81. The molecular weight excluding hydrogens is 344 g/mol. The Bertz CT molecular complexity index is 725. The number of nitrogens with zero attached hydrogens (tertiary/aromatic N) is 6. The Hall–Kier alpha value is -2.38. The van der Waals surface area contributed by atoms with Crippen molar-refractivity contribution >= 4 is 23.5 Å². The maximum Gasteiger partial charge on any atom is 0.242 e. The lowest BCUT2D eigenvalue weighted by molar-refractivity contribution is -0.132. The number of rotatable bonds is 2. The van der Waals surface area contributed by atoms with E-state index in [4.69, 9.17) is 0 Å². The van der Waals surface area contributed by atoms with E-state index in [0.717, 1.165) is 43.1 Å². The summed E-state index contributed by atoms with van der Waals surface area (Å²) in [5.74, 6) is 2.05. The maximum atomic E-state index is 12.9. The fourth-order valence-corrected chi connectivity index (χ4v) is 4.55. The third-order valence-corrected chi connectivity index (χ3v) is 6.07. The van der Waals surface area contributed by atoms with Gasteiger partial charge in [-0.05, 0) is 12.8 Å². The Kier molecular flexibility index (Phi) is 4.88. The van der Waals surface area contributed by atoms with E-state index in [9.17, 15) is 9.59 Å². The fourth-order valence-electron chi connectivity index (χ4n) is 4.55. The molecule has 0 bridgehead atoms. The van der Waals surface area contributed by atoms with E-state index >= 15 is 0 Å². The summed E-state index contributed by atoms with van der Waals surface area (Å²) in [4.78, 5) is 41.7. The zero-order chi connectivity index (χ0) is 19.0. The lowest BCUT2D eigenvalue weighted by atomic mass is 10.1. The van der Waals surface area contributed by atoms with Crippen LogP contribution in [0.5, 0.6) is 0 Å². The highest BCUT2D eigenvalue weighted by Gasteiger charge is 2.34. The zero-order valence-electron chi connectivity index (χ0n) is 16.2. The first kappa shape index (κ1) is 18.0. The van der Waals surface area contributed by atoms with Gasteiger partial charge in [0.25, 0.3) is 0 Å². The number of carbonyl (C=O) groups excluding carboxylic acids is 2. The summed E-state index contributed by atoms with van der Waals surface area (Å²) in [6, 6.07) is 0.333. The molecule has 0 radical (unpaired) electrons.